The molecule has 3 aromatic carbocycles. The first-order valence-corrected chi connectivity index (χ1v) is 14.2. The number of anilines is 1. The van der Waals surface area contributed by atoms with Crippen molar-refractivity contribution >= 4 is 5.69 Å². The lowest BCUT2D eigenvalue weighted by Gasteiger charge is -2.30. The number of methoxy groups -OCH3 is 3. The Bertz CT molecular complexity index is 1260. The number of aryl methyl sites for hydroxylation is 1. The molecule has 0 saturated carbocycles. The molecule has 0 aromatic heterocycles. The summed E-state index contributed by atoms with van der Waals surface area (Å²) in [7, 11) is 7.06. The fraction of sp³-hybridized carbons (Fsp3) is 0.455. The van der Waals surface area contributed by atoms with Gasteiger partial charge in [-0.1, -0.05) is 18.2 Å². The highest BCUT2D eigenvalue weighted by atomic mass is 19.1. The number of hydrogen-bond donors (Lipinski definition) is 1. The molecule has 222 valence electrons. The molecule has 41 heavy (non-hydrogen) atoms. The van der Waals surface area contributed by atoms with Gasteiger partial charge in [0.25, 0.3) is 0 Å². The van der Waals surface area contributed by atoms with E-state index in [2.05, 4.69) is 21.9 Å². The molecule has 0 amide bonds. The van der Waals surface area contributed by atoms with Crippen LogP contribution < -0.4 is 14.4 Å². The summed E-state index contributed by atoms with van der Waals surface area (Å²) < 4.78 is 36.8. The van der Waals surface area contributed by atoms with Crippen molar-refractivity contribution in [2.45, 2.75) is 31.7 Å². The molecular weight excluding hydrogens is 523 g/mol. The van der Waals surface area contributed by atoms with Crippen LogP contribution in [0.1, 0.15) is 34.6 Å². The summed E-state index contributed by atoms with van der Waals surface area (Å²) in [5, 5.41) is 9.88. The van der Waals surface area contributed by atoms with Crippen LogP contribution in [-0.4, -0.2) is 77.8 Å². The Morgan fingerprint density at radius 1 is 0.878 bits per heavy atom. The average Bonchev–Trinajstić information content (AvgIpc) is 2.98. The molecule has 0 spiro atoms. The number of phenols is 1. The van der Waals surface area contributed by atoms with Crippen LogP contribution in [0.2, 0.25) is 0 Å². The Morgan fingerprint density at radius 3 is 2.34 bits per heavy atom. The quantitative estimate of drug-likeness (QED) is 0.264. The Labute approximate surface area is 243 Å². The van der Waals surface area contributed by atoms with Crippen molar-refractivity contribution in [3.05, 3.63) is 82.7 Å². The smallest absolute Gasteiger partial charge is 0.165 e. The molecule has 0 saturated heterocycles. The lowest BCUT2D eigenvalue weighted by molar-refractivity contribution is 0.103. The molecule has 3 aromatic rings. The van der Waals surface area contributed by atoms with Gasteiger partial charge in [-0.05, 0) is 77.8 Å². The van der Waals surface area contributed by atoms with Crippen LogP contribution in [0.5, 0.6) is 17.2 Å². The van der Waals surface area contributed by atoms with Gasteiger partial charge in [0.1, 0.15) is 18.1 Å². The van der Waals surface area contributed by atoms with E-state index in [1.54, 1.807) is 39.5 Å². The lowest BCUT2D eigenvalue weighted by Crippen LogP contribution is -2.34. The fourth-order valence-electron chi connectivity index (χ4n) is 5.51. The lowest BCUT2D eigenvalue weighted by atomic mass is 9.79. The van der Waals surface area contributed by atoms with E-state index in [9.17, 15) is 5.11 Å². The molecule has 1 atom stereocenters. The average molecular weight is 567 g/mol. The second-order valence-electron chi connectivity index (χ2n) is 10.6. The first-order valence-electron chi connectivity index (χ1n) is 14.2. The molecule has 1 aliphatic rings. The van der Waals surface area contributed by atoms with Gasteiger partial charge in [-0.2, -0.15) is 0 Å². The second kappa shape index (κ2) is 15.1. The minimum atomic E-state index is -0.366. The van der Waals surface area contributed by atoms with Gasteiger partial charge < -0.3 is 29.0 Å². The minimum Gasteiger partial charge on any atom is -0.508 e. The van der Waals surface area contributed by atoms with Gasteiger partial charge in [0.15, 0.2) is 11.6 Å². The third-order valence-corrected chi connectivity index (χ3v) is 7.81. The Hall–Kier alpha value is -3.33. The molecule has 0 fully saturated rings. The highest BCUT2D eigenvalue weighted by Gasteiger charge is 2.24. The second-order valence-corrected chi connectivity index (χ2v) is 10.6. The van der Waals surface area contributed by atoms with Crippen LogP contribution in [-0.2, 0) is 28.9 Å². The van der Waals surface area contributed by atoms with Crippen molar-refractivity contribution in [2.75, 3.05) is 72.7 Å². The molecule has 4 rings (SSSR count). The number of ether oxygens (including phenoxy) is 4. The number of halogens is 1. The highest BCUT2D eigenvalue weighted by molar-refractivity contribution is 5.59. The van der Waals surface area contributed by atoms with E-state index in [0.29, 0.717) is 44.6 Å². The number of aromatic hydroxyl groups is 1. The van der Waals surface area contributed by atoms with Crippen LogP contribution in [0.4, 0.5) is 10.1 Å². The molecule has 0 heterocycles. The Balaban J connectivity index is 1.42. The monoisotopic (exact) mass is 566 g/mol. The summed E-state index contributed by atoms with van der Waals surface area (Å²) in [6.45, 7) is 4.33. The van der Waals surface area contributed by atoms with E-state index in [1.165, 1.54) is 16.7 Å². The van der Waals surface area contributed by atoms with E-state index in [0.717, 1.165) is 49.4 Å². The van der Waals surface area contributed by atoms with E-state index in [-0.39, 0.29) is 11.6 Å². The first-order chi connectivity index (χ1) is 19.9. The maximum Gasteiger partial charge on any atom is 0.165 e. The topological polar surface area (TPSA) is 63.6 Å². The molecule has 1 aliphatic carbocycles. The van der Waals surface area contributed by atoms with Gasteiger partial charge in [-0.25, -0.2) is 4.39 Å². The van der Waals surface area contributed by atoms with Crippen molar-refractivity contribution in [3.63, 3.8) is 0 Å². The van der Waals surface area contributed by atoms with Crippen LogP contribution in [0.3, 0.4) is 0 Å². The normalized spacial score (nSPS) is 14.6. The largest absolute Gasteiger partial charge is 0.508 e. The predicted molar refractivity (Wildman–Crippen MR) is 160 cm³/mol. The molecule has 8 heteroatoms. The van der Waals surface area contributed by atoms with Gasteiger partial charge in [-0.15, -0.1) is 0 Å². The number of benzene rings is 3. The summed E-state index contributed by atoms with van der Waals surface area (Å²) >= 11 is 0. The number of fused-ring (bicyclic) bond motifs is 1. The van der Waals surface area contributed by atoms with Crippen molar-refractivity contribution in [3.8, 4) is 17.2 Å². The molecule has 1 N–H and O–H groups in total. The van der Waals surface area contributed by atoms with E-state index < -0.39 is 0 Å². The standard InChI is InChI=1S/C33H43FN2O5/c1-35(23-24-5-12-33(31(34)19-24)41-18-15-36(13-16-38-2)14-17-39-3)32-22-29(40-4)10-11-30(32)27-7-6-26-21-28(37)9-8-25(26)20-27/h5,8-12,19,21-22,27,37H,6-7,13-18,20,23H2,1-4H3. The fourth-order valence-corrected chi connectivity index (χ4v) is 5.51. The summed E-state index contributed by atoms with van der Waals surface area (Å²) in [6, 6.07) is 17.1. The summed E-state index contributed by atoms with van der Waals surface area (Å²) in [6.07, 6.45) is 2.84. The van der Waals surface area contributed by atoms with Gasteiger partial charge in [-0.3, -0.25) is 4.90 Å². The molecule has 0 bridgehead atoms. The number of phenolic OH excluding ortho intramolecular Hbond substituents is 1. The number of hydrogen-bond acceptors (Lipinski definition) is 7. The van der Waals surface area contributed by atoms with Gasteiger partial charge >= 0.3 is 0 Å². The van der Waals surface area contributed by atoms with Crippen molar-refractivity contribution in [1.82, 2.24) is 4.90 Å². The maximum absolute atomic E-state index is 15.1. The molecule has 1 unspecified atom stereocenters. The Kier molecular flexibility index (Phi) is 11.2. The number of rotatable bonds is 15. The van der Waals surface area contributed by atoms with Crippen molar-refractivity contribution in [1.29, 1.82) is 0 Å². The third-order valence-electron chi connectivity index (χ3n) is 7.81. The van der Waals surface area contributed by atoms with Crippen LogP contribution in [0.25, 0.3) is 0 Å². The summed E-state index contributed by atoms with van der Waals surface area (Å²) in [5.74, 6) is 1.34. The summed E-state index contributed by atoms with van der Waals surface area (Å²) in [4.78, 5) is 4.33. The maximum atomic E-state index is 15.1. The molecule has 0 radical (unpaired) electrons. The molecule has 7 nitrogen and oxygen atoms in total. The zero-order valence-corrected chi connectivity index (χ0v) is 24.7. The predicted octanol–water partition coefficient (Wildman–Crippen LogP) is 5.42. The van der Waals surface area contributed by atoms with Crippen molar-refractivity contribution in [2.24, 2.45) is 0 Å². The third kappa shape index (κ3) is 8.35. The zero-order valence-electron chi connectivity index (χ0n) is 24.7. The summed E-state index contributed by atoms with van der Waals surface area (Å²) in [5.41, 5.74) is 5.68. The first kappa shape index (κ1) is 30.6. The van der Waals surface area contributed by atoms with Gasteiger partial charge in [0.2, 0.25) is 0 Å². The SMILES string of the molecule is COCCN(CCOC)CCOc1ccc(CN(C)c2cc(OC)ccc2C2CCc3cc(O)ccc3C2)cc1F. The van der Waals surface area contributed by atoms with Crippen LogP contribution >= 0.6 is 0 Å². The van der Waals surface area contributed by atoms with Crippen molar-refractivity contribution < 1.29 is 28.4 Å². The zero-order chi connectivity index (χ0) is 29.2. The minimum absolute atomic E-state index is 0.254. The van der Waals surface area contributed by atoms with Crippen LogP contribution in [0, 0.1) is 5.82 Å². The van der Waals surface area contributed by atoms with Gasteiger partial charge in [0.05, 0.1) is 20.3 Å². The van der Waals surface area contributed by atoms with Gasteiger partial charge in [0, 0.05) is 59.2 Å². The molecule has 0 aliphatic heterocycles. The van der Waals surface area contributed by atoms with E-state index in [1.807, 2.05) is 31.3 Å². The van der Waals surface area contributed by atoms with E-state index in [4.69, 9.17) is 18.9 Å². The number of nitrogens with zero attached hydrogens (tertiary/aromatic N) is 2. The van der Waals surface area contributed by atoms with Crippen LogP contribution in [0.15, 0.2) is 54.6 Å². The molecular formula is C33H43FN2O5. The highest BCUT2D eigenvalue weighted by Crippen LogP contribution is 2.40. The Morgan fingerprint density at radius 2 is 1.63 bits per heavy atom. The van der Waals surface area contributed by atoms with E-state index >= 15 is 4.39 Å².